The third-order valence-corrected chi connectivity index (χ3v) is 3.82. The minimum absolute atomic E-state index is 0.0722. The number of hydrogen-bond donors (Lipinski definition) is 3. The number of piperidine rings is 1. The van der Waals surface area contributed by atoms with Crippen molar-refractivity contribution in [2.24, 2.45) is 0 Å². The Morgan fingerprint density at radius 2 is 1.91 bits per heavy atom. The highest BCUT2D eigenvalue weighted by atomic mass is 16.5. The van der Waals surface area contributed by atoms with Gasteiger partial charge in [-0.15, -0.1) is 0 Å². The van der Waals surface area contributed by atoms with Gasteiger partial charge in [0.15, 0.2) is 5.82 Å². The summed E-state index contributed by atoms with van der Waals surface area (Å²) in [6, 6.07) is 0.308. The first-order valence-electron chi connectivity index (χ1n) is 8.01. The first kappa shape index (κ1) is 16.8. The molecular weight excluding hydrogens is 278 g/mol. The number of nitrogens with zero attached hydrogens (tertiary/aromatic N) is 2. The Labute approximate surface area is 133 Å². The minimum Gasteiger partial charge on any atom is -0.476 e. The summed E-state index contributed by atoms with van der Waals surface area (Å²) in [5.41, 5.74) is 6.78. The summed E-state index contributed by atoms with van der Waals surface area (Å²) in [6.07, 6.45) is 4.43. The van der Waals surface area contributed by atoms with E-state index in [4.69, 9.17) is 10.5 Å². The monoisotopic (exact) mass is 307 g/mol. The van der Waals surface area contributed by atoms with Crippen molar-refractivity contribution >= 4 is 11.5 Å². The maximum Gasteiger partial charge on any atom is 0.242 e. The molecule has 1 aromatic heterocycles. The lowest BCUT2D eigenvalue weighted by Gasteiger charge is -2.46. The van der Waals surface area contributed by atoms with Crippen LogP contribution in [-0.4, -0.2) is 33.7 Å². The van der Waals surface area contributed by atoms with Gasteiger partial charge in [-0.25, -0.2) is 4.98 Å². The summed E-state index contributed by atoms with van der Waals surface area (Å²) in [5.74, 6) is 1.13. The van der Waals surface area contributed by atoms with Crippen LogP contribution in [0.4, 0.5) is 11.5 Å². The molecule has 0 aromatic carbocycles. The molecule has 0 bridgehead atoms. The maximum absolute atomic E-state index is 6.15. The topological polar surface area (TPSA) is 85.1 Å². The quantitative estimate of drug-likeness (QED) is 0.775. The van der Waals surface area contributed by atoms with Gasteiger partial charge in [0.2, 0.25) is 5.88 Å². The molecule has 1 aliphatic heterocycles. The molecule has 0 saturated carbocycles. The average Bonchev–Trinajstić information content (AvgIpc) is 2.36. The lowest BCUT2D eigenvalue weighted by atomic mass is 9.79. The van der Waals surface area contributed by atoms with Crippen molar-refractivity contribution in [1.82, 2.24) is 15.3 Å². The van der Waals surface area contributed by atoms with E-state index in [-0.39, 0.29) is 11.1 Å². The third-order valence-electron chi connectivity index (χ3n) is 3.82. The molecule has 0 spiro atoms. The van der Waals surface area contributed by atoms with Crippen molar-refractivity contribution in [3.05, 3.63) is 6.33 Å². The van der Waals surface area contributed by atoms with Crippen molar-refractivity contribution < 1.29 is 4.74 Å². The van der Waals surface area contributed by atoms with Gasteiger partial charge in [0.25, 0.3) is 0 Å². The second kappa shape index (κ2) is 6.28. The van der Waals surface area contributed by atoms with E-state index < -0.39 is 0 Å². The summed E-state index contributed by atoms with van der Waals surface area (Å²) in [6.45, 7) is 11.6. The molecule has 6 heteroatoms. The van der Waals surface area contributed by atoms with E-state index in [2.05, 4.69) is 55.2 Å². The van der Waals surface area contributed by atoms with Gasteiger partial charge in [0.05, 0.1) is 6.61 Å². The molecule has 124 valence electrons. The third kappa shape index (κ3) is 4.22. The van der Waals surface area contributed by atoms with Crippen LogP contribution in [0.25, 0.3) is 0 Å². The minimum atomic E-state index is 0.0722. The SMILES string of the molecule is CCCOc1ncnc(NC2CC(C)(C)NC(C)(C)C2)c1N. The Morgan fingerprint density at radius 3 is 2.50 bits per heavy atom. The summed E-state index contributed by atoms with van der Waals surface area (Å²) >= 11 is 0. The highest BCUT2D eigenvalue weighted by Gasteiger charge is 2.37. The molecule has 4 N–H and O–H groups in total. The van der Waals surface area contributed by atoms with Gasteiger partial charge in [0, 0.05) is 17.1 Å². The summed E-state index contributed by atoms with van der Waals surface area (Å²) < 4.78 is 5.57. The molecule has 0 atom stereocenters. The largest absolute Gasteiger partial charge is 0.476 e. The molecule has 22 heavy (non-hydrogen) atoms. The molecule has 1 aliphatic rings. The Kier molecular flexibility index (Phi) is 4.80. The van der Waals surface area contributed by atoms with Gasteiger partial charge in [-0.3, -0.25) is 0 Å². The fourth-order valence-corrected chi connectivity index (χ4v) is 3.43. The highest BCUT2D eigenvalue weighted by molar-refractivity contribution is 5.66. The van der Waals surface area contributed by atoms with E-state index >= 15 is 0 Å². The second-order valence-electron chi connectivity index (χ2n) is 7.43. The molecular formula is C16H29N5O. The fourth-order valence-electron chi connectivity index (χ4n) is 3.43. The van der Waals surface area contributed by atoms with Crippen LogP contribution in [0.15, 0.2) is 6.33 Å². The van der Waals surface area contributed by atoms with Crippen LogP contribution in [0.1, 0.15) is 53.9 Å². The van der Waals surface area contributed by atoms with Crippen molar-refractivity contribution in [2.75, 3.05) is 17.7 Å². The van der Waals surface area contributed by atoms with E-state index in [1.54, 1.807) is 0 Å². The molecule has 2 rings (SSSR count). The molecule has 0 aliphatic carbocycles. The Balaban J connectivity index is 2.13. The van der Waals surface area contributed by atoms with E-state index in [0.717, 1.165) is 19.3 Å². The maximum atomic E-state index is 6.15. The molecule has 0 radical (unpaired) electrons. The van der Waals surface area contributed by atoms with Crippen LogP contribution < -0.4 is 21.1 Å². The summed E-state index contributed by atoms with van der Waals surface area (Å²) in [5, 5.41) is 7.15. The van der Waals surface area contributed by atoms with Crippen LogP contribution in [-0.2, 0) is 0 Å². The first-order chi connectivity index (χ1) is 10.2. The molecule has 1 saturated heterocycles. The predicted octanol–water partition coefficient (Wildman–Crippen LogP) is 2.57. The summed E-state index contributed by atoms with van der Waals surface area (Å²) in [7, 11) is 0. The van der Waals surface area contributed by atoms with Crippen LogP contribution >= 0.6 is 0 Å². The normalized spacial score (nSPS) is 20.6. The fraction of sp³-hybridized carbons (Fsp3) is 0.750. The summed E-state index contributed by atoms with van der Waals surface area (Å²) in [4.78, 5) is 8.41. The Bertz CT molecular complexity index is 499. The van der Waals surface area contributed by atoms with Gasteiger partial charge >= 0.3 is 0 Å². The van der Waals surface area contributed by atoms with Crippen LogP contribution in [0.5, 0.6) is 5.88 Å². The molecule has 0 amide bonds. The molecule has 2 heterocycles. The number of ether oxygens (including phenoxy) is 1. The van der Waals surface area contributed by atoms with Crippen molar-refractivity contribution in [3.63, 3.8) is 0 Å². The number of hydrogen-bond acceptors (Lipinski definition) is 6. The number of rotatable bonds is 5. The Hall–Kier alpha value is -1.56. The van der Waals surface area contributed by atoms with E-state index in [1.165, 1.54) is 6.33 Å². The number of nitrogens with two attached hydrogens (primary N) is 1. The average molecular weight is 307 g/mol. The van der Waals surface area contributed by atoms with Gasteiger partial charge in [-0.1, -0.05) is 6.92 Å². The number of anilines is 2. The number of nitrogen functional groups attached to an aromatic ring is 1. The zero-order chi connectivity index (χ0) is 16.4. The lowest BCUT2D eigenvalue weighted by Crippen LogP contribution is -2.60. The first-order valence-corrected chi connectivity index (χ1v) is 8.01. The van der Waals surface area contributed by atoms with E-state index in [1.807, 2.05) is 0 Å². The molecule has 6 nitrogen and oxygen atoms in total. The van der Waals surface area contributed by atoms with Crippen molar-refractivity contribution in [1.29, 1.82) is 0 Å². The van der Waals surface area contributed by atoms with Crippen molar-refractivity contribution in [3.8, 4) is 5.88 Å². The predicted molar refractivity (Wildman–Crippen MR) is 90.2 cm³/mol. The van der Waals surface area contributed by atoms with Crippen LogP contribution in [0.3, 0.4) is 0 Å². The molecule has 1 fully saturated rings. The highest BCUT2D eigenvalue weighted by Crippen LogP contribution is 2.32. The second-order valence-corrected chi connectivity index (χ2v) is 7.43. The van der Waals surface area contributed by atoms with Crippen molar-refractivity contribution in [2.45, 2.75) is 71.0 Å². The van der Waals surface area contributed by atoms with Crippen LogP contribution in [0, 0.1) is 0 Å². The van der Waals surface area contributed by atoms with Gasteiger partial charge in [-0.2, -0.15) is 4.98 Å². The van der Waals surface area contributed by atoms with Gasteiger partial charge < -0.3 is 21.1 Å². The number of aromatic nitrogens is 2. The lowest BCUT2D eigenvalue weighted by molar-refractivity contribution is 0.170. The smallest absolute Gasteiger partial charge is 0.242 e. The van der Waals surface area contributed by atoms with Crippen LogP contribution in [0.2, 0.25) is 0 Å². The van der Waals surface area contributed by atoms with E-state index in [9.17, 15) is 0 Å². The molecule has 0 unspecified atom stereocenters. The van der Waals surface area contributed by atoms with Gasteiger partial charge in [0.1, 0.15) is 12.0 Å². The number of nitrogens with one attached hydrogen (secondary N) is 2. The van der Waals surface area contributed by atoms with E-state index in [0.29, 0.717) is 30.0 Å². The molecule has 1 aromatic rings. The van der Waals surface area contributed by atoms with Gasteiger partial charge in [-0.05, 0) is 47.0 Å². The Morgan fingerprint density at radius 1 is 1.27 bits per heavy atom. The zero-order valence-electron chi connectivity index (χ0n) is 14.4. The zero-order valence-corrected chi connectivity index (χ0v) is 14.4. The standard InChI is InChI=1S/C16H29N5O/c1-6-7-22-14-12(17)13(18-10-19-14)20-11-8-15(2,3)21-16(4,5)9-11/h10-11,21H,6-9,17H2,1-5H3,(H,18,19,20).